The average molecular weight is 245 g/mol. The molecule has 0 aromatic carbocycles. The Bertz CT molecular complexity index is 348. The van der Waals surface area contributed by atoms with Crippen molar-refractivity contribution in [2.45, 2.75) is 58.0 Å². The molecule has 0 aromatic heterocycles. The number of sulfone groups is 1. The Labute approximate surface area is 98.9 Å². The molecule has 1 aliphatic heterocycles. The highest BCUT2D eigenvalue weighted by atomic mass is 32.2. The number of hydrogen-bond donors (Lipinski definition) is 1. The van der Waals surface area contributed by atoms with Crippen molar-refractivity contribution in [1.82, 2.24) is 5.32 Å². The van der Waals surface area contributed by atoms with E-state index in [1.165, 1.54) is 19.3 Å². The third-order valence-corrected chi connectivity index (χ3v) is 5.72. The van der Waals surface area contributed by atoms with Gasteiger partial charge in [0.2, 0.25) is 0 Å². The Morgan fingerprint density at radius 1 is 1.19 bits per heavy atom. The van der Waals surface area contributed by atoms with E-state index in [0.717, 1.165) is 12.8 Å². The Hall–Kier alpha value is -0.0900. The molecule has 1 saturated carbocycles. The van der Waals surface area contributed by atoms with Crippen LogP contribution in [0, 0.1) is 5.41 Å². The minimum atomic E-state index is -2.76. The van der Waals surface area contributed by atoms with Crippen molar-refractivity contribution in [3.8, 4) is 0 Å². The fraction of sp³-hybridized carbons (Fsp3) is 1.00. The minimum Gasteiger partial charge on any atom is -0.310 e. The van der Waals surface area contributed by atoms with Gasteiger partial charge in [-0.25, -0.2) is 8.42 Å². The quantitative estimate of drug-likeness (QED) is 0.806. The molecule has 1 heterocycles. The minimum absolute atomic E-state index is 0.206. The van der Waals surface area contributed by atoms with Crippen LogP contribution in [-0.2, 0) is 9.84 Å². The van der Waals surface area contributed by atoms with Crippen molar-refractivity contribution in [3.63, 3.8) is 0 Å². The van der Waals surface area contributed by atoms with Crippen LogP contribution in [-0.4, -0.2) is 32.0 Å². The summed E-state index contributed by atoms with van der Waals surface area (Å²) in [4.78, 5) is 0. The summed E-state index contributed by atoms with van der Waals surface area (Å²) in [6.45, 7) is 4.60. The molecule has 0 radical (unpaired) electrons. The lowest BCUT2D eigenvalue weighted by Crippen LogP contribution is -2.44. The van der Waals surface area contributed by atoms with Gasteiger partial charge in [0.15, 0.2) is 9.84 Å². The van der Waals surface area contributed by atoms with Gasteiger partial charge >= 0.3 is 0 Å². The van der Waals surface area contributed by atoms with Crippen LogP contribution in [0.3, 0.4) is 0 Å². The molecule has 0 amide bonds. The van der Waals surface area contributed by atoms with Crippen LogP contribution in [0.2, 0.25) is 0 Å². The van der Waals surface area contributed by atoms with Crippen LogP contribution in [0.5, 0.6) is 0 Å². The summed E-state index contributed by atoms with van der Waals surface area (Å²) in [5.74, 6) is 0.741. The van der Waals surface area contributed by atoms with Crippen LogP contribution < -0.4 is 5.32 Å². The lowest BCUT2D eigenvalue weighted by molar-refractivity contribution is 0.349. The molecule has 1 aliphatic carbocycles. The van der Waals surface area contributed by atoms with Gasteiger partial charge in [-0.05, 0) is 37.5 Å². The van der Waals surface area contributed by atoms with E-state index in [4.69, 9.17) is 0 Å². The van der Waals surface area contributed by atoms with Crippen molar-refractivity contribution < 1.29 is 8.42 Å². The van der Waals surface area contributed by atoms with E-state index >= 15 is 0 Å². The van der Waals surface area contributed by atoms with Crippen LogP contribution in [0.15, 0.2) is 0 Å². The molecular formula is C12H23NO2S. The predicted octanol–water partition coefficient (Wildman–Crippen LogP) is 1.73. The lowest BCUT2D eigenvalue weighted by atomic mass is 9.92. The Morgan fingerprint density at radius 2 is 1.94 bits per heavy atom. The van der Waals surface area contributed by atoms with E-state index in [9.17, 15) is 8.42 Å². The van der Waals surface area contributed by atoms with Gasteiger partial charge in [-0.1, -0.05) is 13.8 Å². The Morgan fingerprint density at radius 3 is 2.50 bits per heavy atom. The SMILES string of the molecule is CC1(C)CCC(NC2CCCS(=O)(=O)C2)C1. The maximum absolute atomic E-state index is 11.5. The second-order valence-electron chi connectivity index (χ2n) is 6.22. The molecule has 3 nitrogen and oxygen atoms in total. The van der Waals surface area contributed by atoms with Gasteiger partial charge in [0.05, 0.1) is 11.5 Å². The zero-order valence-electron chi connectivity index (χ0n) is 10.3. The summed E-state index contributed by atoms with van der Waals surface area (Å²) in [6.07, 6.45) is 5.49. The molecule has 0 aromatic rings. The zero-order valence-corrected chi connectivity index (χ0v) is 11.1. The number of rotatable bonds is 2. The van der Waals surface area contributed by atoms with E-state index in [0.29, 0.717) is 23.0 Å². The molecule has 2 fully saturated rings. The first-order valence-corrected chi connectivity index (χ1v) is 8.15. The first-order valence-electron chi connectivity index (χ1n) is 6.33. The molecule has 1 N–H and O–H groups in total. The second-order valence-corrected chi connectivity index (χ2v) is 8.45. The molecule has 0 bridgehead atoms. The Kier molecular flexibility index (Phi) is 3.32. The van der Waals surface area contributed by atoms with Crippen molar-refractivity contribution in [2.75, 3.05) is 11.5 Å². The molecular weight excluding hydrogens is 222 g/mol. The van der Waals surface area contributed by atoms with Crippen molar-refractivity contribution in [3.05, 3.63) is 0 Å². The zero-order chi connectivity index (χ0) is 11.8. The van der Waals surface area contributed by atoms with Gasteiger partial charge in [0.25, 0.3) is 0 Å². The van der Waals surface area contributed by atoms with Crippen molar-refractivity contribution >= 4 is 9.84 Å². The highest BCUT2D eigenvalue weighted by Gasteiger charge is 2.33. The lowest BCUT2D eigenvalue weighted by Gasteiger charge is -2.27. The molecule has 4 heteroatoms. The fourth-order valence-corrected chi connectivity index (χ4v) is 4.72. The van der Waals surface area contributed by atoms with E-state index in [1.807, 2.05) is 0 Å². The van der Waals surface area contributed by atoms with E-state index in [2.05, 4.69) is 19.2 Å². The summed E-state index contributed by atoms with van der Waals surface area (Å²) in [5.41, 5.74) is 0.436. The normalized spacial score (nSPS) is 37.4. The largest absolute Gasteiger partial charge is 0.310 e. The maximum Gasteiger partial charge on any atom is 0.151 e. The molecule has 2 aliphatic rings. The Balaban J connectivity index is 1.86. The van der Waals surface area contributed by atoms with E-state index in [-0.39, 0.29) is 6.04 Å². The molecule has 2 unspecified atom stereocenters. The molecule has 94 valence electrons. The molecule has 0 spiro atoms. The van der Waals surface area contributed by atoms with Crippen molar-refractivity contribution in [1.29, 1.82) is 0 Å². The van der Waals surface area contributed by atoms with E-state index in [1.54, 1.807) is 0 Å². The number of hydrogen-bond acceptors (Lipinski definition) is 3. The van der Waals surface area contributed by atoms with Crippen LogP contribution in [0.25, 0.3) is 0 Å². The monoisotopic (exact) mass is 245 g/mol. The van der Waals surface area contributed by atoms with Gasteiger partial charge in [-0.2, -0.15) is 0 Å². The highest BCUT2D eigenvalue weighted by molar-refractivity contribution is 7.91. The average Bonchev–Trinajstić information content (AvgIpc) is 2.43. The first kappa shape index (κ1) is 12.4. The van der Waals surface area contributed by atoms with E-state index < -0.39 is 9.84 Å². The fourth-order valence-electron chi connectivity index (χ4n) is 3.07. The van der Waals surface area contributed by atoms with Crippen molar-refractivity contribution in [2.24, 2.45) is 5.41 Å². The molecule has 1 saturated heterocycles. The second kappa shape index (κ2) is 4.30. The van der Waals surface area contributed by atoms with Gasteiger partial charge in [-0.3, -0.25) is 0 Å². The third kappa shape index (κ3) is 3.20. The molecule has 2 rings (SSSR count). The van der Waals surface area contributed by atoms with Crippen LogP contribution in [0.4, 0.5) is 0 Å². The van der Waals surface area contributed by atoms with Gasteiger partial charge in [0, 0.05) is 12.1 Å². The summed E-state index contributed by atoms with van der Waals surface area (Å²) < 4.78 is 23.0. The van der Waals surface area contributed by atoms with Crippen LogP contribution in [0.1, 0.15) is 46.0 Å². The maximum atomic E-state index is 11.5. The van der Waals surface area contributed by atoms with Gasteiger partial charge in [-0.15, -0.1) is 0 Å². The highest BCUT2D eigenvalue weighted by Crippen LogP contribution is 2.37. The number of nitrogens with one attached hydrogen (secondary N) is 1. The summed E-state index contributed by atoms with van der Waals surface area (Å²) in [7, 11) is -2.76. The third-order valence-electron chi connectivity index (χ3n) is 3.90. The molecule has 2 atom stereocenters. The van der Waals surface area contributed by atoms with Gasteiger partial charge < -0.3 is 5.32 Å². The standard InChI is InChI=1S/C12H23NO2S/c1-12(2)6-5-10(8-12)13-11-4-3-7-16(14,15)9-11/h10-11,13H,3-9H2,1-2H3. The topological polar surface area (TPSA) is 46.2 Å². The summed E-state index contributed by atoms with van der Waals surface area (Å²) in [5, 5.41) is 3.55. The summed E-state index contributed by atoms with van der Waals surface area (Å²) >= 11 is 0. The van der Waals surface area contributed by atoms with Gasteiger partial charge in [0.1, 0.15) is 0 Å². The predicted molar refractivity (Wildman–Crippen MR) is 66.2 cm³/mol. The van der Waals surface area contributed by atoms with Crippen LogP contribution >= 0.6 is 0 Å². The smallest absolute Gasteiger partial charge is 0.151 e. The first-order chi connectivity index (χ1) is 7.36. The summed E-state index contributed by atoms with van der Waals surface area (Å²) in [6, 6.07) is 0.742. The molecule has 16 heavy (non-hydrogen) atoms.